The van der Waals surface area contributed by atoms with E-state index in [1.54, 1.807) is 0 Å². The lowest BCUT2D eigenvalue weighted by Gasteiger charge is -2.18. The summed E-state index contributed by atoms with van der Waals surface area (Å²) in [5.41, 5.74) is 0. The Labute approximate surface area is 300 Å². The Kier molecular flexibility index (Phi) is 39.4. The molecule has 0 aliphatic heterocycles. The Hall–Kier alpha value is -1.10. The maximum absolute atomic E-state index is 12.5. The predicted molar refractivity (Wildman–Crippen MR) is 206 cm³/mol. The molecule has 0 amide bonds. The molecule has 48 heavy (non-hydrogen) atoms. The Bertz CT molecular complexity index is 651. The van der Waals surface area contributed by atoms with Gasteiger partial charge in [-0.1, -0.05) is 207 Å². The number of hydrogen-bond acceptors (Lipinski definition) is 5. The molecule has 1 atom stereocenters. The Balaban J connectivity index is 3.92. The van der Waals surface area contributed by atoms with Crippen LogP contribution in [0.15, 0.2) is 0 Å². The van der Waals surface area contributed by atoms with Crippen LogP contribution in [-0.4, -0.2) is 37.9 Å². The van der Waals surface area contributed by atoms with Crippen molar-refractivity contribution in [2.24, 2.45) is 0 Å². The van der Waals surface area contributed by atoms with Crippen LogP contribution in [0.5, 0.6) is 0 Å². The van der Waals surface area contributed by atoms with Crippen molar-refractivity contribution in [3.8, 4) is 0 Å². The molecule has 0 aromatic carbocycles. The molecule has 0 aliphatic rings. The van der Waals surface area contributed by atoms with E-state index in [4.69, 9.17) is 14.2 Å². The molecular formula is C43H84O5. The van der Waals surface area contributed by atoms with E-state index in [1.165, 1.54) is 167 Å². The molecule has 0 saturated heterocycles. The number of ether oxygens (including phenoxy) is 3. The maximum atomic E-state index is 12.5. The quantitative estimate of drug-likeness (QED) is 0.0476. The first-order chi connectivity index (χ1) is 23.6. The minimum atomic E-state index is -0.517. The second-order valence-corrected chi connectivity index (χ2v) is 14.6. The summed E-state index contributed by atoms with van der Waals surface area (Å²) < 4.78 is 17.1. The molecule has 5 nitrogen and oxygen atoms in total. The molecular weight excluding hydrogens is 596 g/mol. The average molecular weight is 681 g/mol. The van der Waals surface area contributed by atoms with Crippen LogP contribution in [0, 0.1) is 0 Å². The first kappa shape index (κ1) is 46.9. The third-order valence-corrected chi connectivity index (χ3v) is 9.64. The number of hydrogen-bond donors (Lipinski definition) is 0. The van der Waals surface area contributed by atoms with Gasteiger partial charge in [-0.2, -0.15) is 0 Å². The zero-order valence-corrected chi connectivity index (χ0v) is 32.8. The number of rotatable bonds is 40. The van der Waals surface area contributed by atoms with Crippen molar-refractivity contribution < 1.29 is 23.8 Å². The standard InChI is InChI=1S/C43H84O5/c1-4-7-10-13-16-17-18-19-20-21-22-23-24-25-26-27-29-30-33-36-42(44)47-40-41(39-46-38-35-32-15-12-9-6-3)48-43(45)37-34-31-28-14-11-8-5-2/h41H,4-40H2,1-3H3. The molecule has 0 rings (SSSR count). The third-order valence-electron chi connectivity index (χ3n) is 9.64. The summed E-state index contributed by atoms with van der Waals surface area (Å²) in [6.07, 6.45) is 41.2. The molecule has 0 heterocycles. The van der Waals surface area contributed by atoms with Crippen molar-refractivity contribution in [2.45, 2.75) is 245 Å². The molecule has 0 radical (unpaired) electrons. The summed E-state index contributed by atoms with van der Waals surface area (Å²) in [6.45, 7) is 7.79. The normalized spacial score (nSPS) is 12.0. The minimum absolute atomic E-state index is 0.0945. The number of esters is 2. The van der Waals surface area contributed by atoms with Crippen LogP contribution in [0.2, 0.25) is 0 Å². The molecule has 0 aliphatic carbocycles. The highest BCUT2D eigenvalue weighted by Crippen LogP contribution is 2.15. The summed E-state index contributed by atoms with van der Waals surface area (Å²) in [6, 6.07) is 0. The van der Waals surface area contributed by atoms with Gasteiger partial charge in [0.1, 0.15) is 6.61 Å². The van der Waals surface area contributed by atoms with Crippen LogP contribution in [0.4, 0.5) is 0 Å². The molecule has 1 unspecified atom stereocenters. The van der Waals surface area contributed by atoms with Gasteiger partial charge in [0.2, 0.25) is 0 Å². The van der Waals surface area contributed by atoms with Crippen molar-refractivity contribution in [2.75, 3.05) is 19.8 Å². The van der Waals surface area contributed by atoms with E-state index in [0.29, 0.717) is 26.1 Å². The van der Waals surface area contributed by atoms with Gasteiger partial charge in [-0.3, -0.25) is 9.59 Å². The zero-order chi connectivity index (χ0) is 35.0. The lowest BCUT2D eigenvalue weighted by atomic mass is 10.0. The molecule has 0 N–H and O–H groups in total. The lowest BCUT2D eigenvalue weighted by Crippen LogP contribution is -2.30. The van der Waals surface area contributed by atoms with Crippen LogP contribution in [-0.2, 0) is 23.8 Å². The highest BCUT2D eigenvalue weighted by molar-refractivity contribution is 5.70. The van der Waals surface area contributed by atoms with E-state index in [0.717, 1.165) is 38.5 Å². The number of carbonyl (C=O) groups excluding carboxylic acids is 2. The van der Waals surface area contributed by atoms with Gasteiger partial charge in [0.15, 0.2) is 6.10 Å². The van der Waals surface area contributed by atoms with Gasteiger partial charge in [0.05, 0.1) is 6.61 Å². The van der Waals surface area contributed by atoms with Crippen molar-refractivity contribution in [3.63, 3.8) is 0 Å². The Morgan fingerprint density at radius 3 is 1.06 bits per heavy atom. The van der Waals surface area contributed by atoms with Gasteiger partial charge in [-0.25, -0.2) is 0 Å². The molecule has 5 heteroatoms. The van der Waals surface area contributed by atoms with Crippen LogP contribution >= 0.6 is 0 Å². The van der Waals surface area contributed by atoms with Crippen LogP contribution in [0.25, 0.3) is 0 Å². The van der Waals surface area contributed by atoms with Crippen LogP contribution < -0.4 is 0 Å². The smallest absolute Gasteiger partial charge is 0.306 e. The van der Waals surface area contributed by atoms with Gasteiger partial charge >= 0.3 is 11.9 Å². The first-order valence-corrected chi connectivity index (χ1v) is 21.6. The molecule has 0 fully saturated rings. The SMILES string of the molecule is CCCCCCCCCCCCCCCCCCCCCC(=O)OCC(COCCCCCCCC)OC(=O)CCCCCCCCC. The van der Waals surface area contributed by atoms with E-state index in [-0.39, 0.29) is 18.5 Å². The van der Waals surface area contributed by atoms with E-state index in [9.17, 15) is 9.59 Å². The fourth-order valence-electron chi connectivity index (χ4n) is 6.39. The van der Waals surface area contributed by atoms with Crippen molar-refractivity contribution in [3.05, 3.63) is 0 Å². The summed E-state index contributed by atoms with van der Waals surface area (Å²) in [7, 11) is 0. The predicted octanol–water partition coefficient (Wildman–Crippen LogP) is 13.8. The monoisotopic (exact) mass is 681 g/mol. The van der Waals surface area contributed by atoms with Gasteiger partial charge in [0, 0.05) is 19.4 Å². The first-order valence-electron chi connectivity index (χ1n) is 21.6. The highest BCUT2D eigenvalue weighted by atomic mass is 16.6. The van der Waals surface area contributed by atoms with E-state index < -0.39 is 6.10 Å². The fourth-order valence-corrected chi connectivity index (χ4v) is 6.39. The van der Waals surface area contributed by atoms with Crippen molar-refractivity contribution >= 4 is 11.9 Å². The van der Waals surface area contributed by atoms with Gasteiger partial charge in [-0.15, -0.1) is 0 Å². The summed E-state index contributed by atoms with van der Waals surface area (Å²) >= 11 is 0. The number of carbonyl (C=O) groups is 2. The summed E-state index contributed by atoms with van der Waals surface area (Å²) in [5.74, 6) is -0.391. The van der Waals surface area contributed by atoms with E-state index in [1.807, 2.05) is 0 Å². The largest absolute Gasteiger partial charge is 0.462 e. The lowest BCUT2D eigenvalue weighted by molar-refractivity contribution is -0.163. The molecule has 0 aromatic heterocycles. The van der Waals surface area contributed by atoms with Crippen molar-refractivity contribution in [1.82, 2.24) is 0 Å². The maximum Gasteiger partial charge on any atom is 0.306 e. The second kappa shape index (κ2) is 40.3. The minimum Gasteiger partial charge on any atom is -0.462 e. The molecule has 286 valence electrons. The Morgan fingerprint density at radius 2 is 0.688 bits per heavy atom. The van der Waals surface area contributed by atoms with Gasteiger partial charge in [0.25, 0.3) is 0 Å². The highest BCUT2D eigenvalue weighted by Gasteiger charge is 2.17. The molecule has 0 bridgehead atoms. The molecule has 0 spiro atoms. The Morgan fingerprint density at radius 1 is 0.375 bits per heavy atom. The zero-order valence-electron chi connectivity index (χ0n) is 32.8. The topological polar surface area (TPSA) is 61.8 Å². The fraction of sp³-hybridized carbons (Fsp3) is 0.953. The third kappa shape index (κ3) is 37.7. The van der Waals surface area contributed by atoms with Crippen LogP contribution in [0.1, 0.15) is 239 Å². The summed E-state index contributed by atoms with van der Waals surface area (Å²) in [4.78, 5) is 24.9. The van der Waals surface area contributed by atoms with Crippen LogP contribution in [0.3, 0.4) is 0 Å². The van der Waals surface area contributed by atoms with E-state index in [2.05, 4.69) is 20.8 Å². The van der Waals surface area contributed by atoms with E-state index >= 15 is 0 Å². The average Bonchev–Trinajstić information content (AvgIpc) is 3.08. The van der Waals surface area contributed by atoms with Gasteiger partial charge < -0.3 is 14.2 Å². The molecule has 0 aromatic rings. The number of unbranched alkanes of at least 4 members (excludes halogenated alkanes) is 29. The summed E-state index contributed by atoms with van der Waals surface area (Å²) in [5, 5.41) is 0. The molecule has 0 saturated carbocycles. The second-order valence-electron chi connectivity index (χ2n) is 14.6. The van der Waals surface area contributed by atoms with Crippen molar-refractivity contribution in [1.29, 1.82) is 0 Å². The van der Waals surface area contributed by atoms with Gasteiger partial charge in [-0.05, 0) is 19.3 Å².